The third-order valence-electron chi connectivity index (χ3n) is 2.15. The number of nitrogens with two attached hydrogens (primary N) is 1. The lowest BCUT2D eigenvalue weighted by Crippen LogP contribution is -2.08. The van der Waals surface area contributed by atoms with Crippen LogP contribution in [0.3, 0.4) is 0 Å². The highest BCUT2D eigenvalue weighted by molar-refractivity contribution is 7.86. The minimum atomic E-state index is -4.46. The Morgan fingerprint density at radius 1 is 1.26 bits per heavy atom. The lowest BCUT2D eigenvalue weighted by molar-refractivity contribution is 0.483. The van der Waals surface area contributed by atoms with E-state index in [9.17, 15) is 12.8 Å². The highest BCUT2D eigenvalue weighted by Gasteiger charge is 2.17. The van der Waals surface area contributed by atoms with Gasteiger partial charge in [0.05, 0.1) is 5.69 Å². The van der Waals surface area contributed by atoms with Crippen molar-refractivity contribution in [3.63, 3.8) is 0 Å². The van der Waals surface area contributed by atoms with Crippen LogP contribution in [0.25, 0.3) is 0 Å². The standard InChI is InChI=1S/C9H8FN5O3S/c10-7-8(11)13-15-14-9(7)12-5-3-1-2-4-6(5)19(16,17)18/h1-4H,(H,16,17,18)(H3,11,12,13,14). The summed E-state index contributed by atoms with van der Waals surface area (Å²) in [6.07, 6.45) is 0. The maximum absolute atomic E-state index is 13.6. The number of anilines is 3. The van der Waals surface area contributed by atoms with Crippen molar-refractivity contribution in [3.05, 3.63) is 30.1 Å². The molecule has 0 saturated heterocycles. The predicted octanol–water partition coefficient (Wildman–Crippen LogP) is 0.583. The highest BCUT2D eigenvalue weighted by atomic mass is 32.2. The number of benzene rings is 1. The van der Waals surface area contributed by atoms with E-state index >= 15 is 0 Å². The average molecular weight is 285 g/mol. The van der Waals surface area contributed by atoms with Crippen LogP contribution in [0.15, 0.2) is 29.2 Å². The van der Waals surface area contributed by atoms with Gasteiger partial charge in [-0.25, -0.2) is 0 Å². The number of hydrogen-bond acceptors (Lipinski definition) is 7. The van der Waals surface area contributed by atoms with E-state index in [1.54, 1.807) is 0 Å². The molecule has 0 aliphatic carbocycles. The molecule has 1 heterocycles. The van der Waals surface area contributed by atoms with Crippen LogP contribution in [0.5, 0.6) is 0 Å². The van der Waals surface area contributed by atoms with Gasteiger partial charge in [-0.2, -0.15) is 12.8 Å². The minimum Gasteiger partial charge on any atom is -0.380 e. The van der Waals surface area contributed by atoms with Crippen molar-refractivity contribution < 1.29 is 17.4 Å². The van der Waals surface area contributed by atoms with Gasteiger partial charge in [0.2, 0.25) is 5.82 Å². The number of nitrogens with zero attached hydrogens (tertiary/aromatic N) is 3. The van der Waals surface area contributed by atoms with Crippen molar-refractivity contribution in [2.75, 3.05) is 11.1 Å². The Morgan fingerprint density at radius 2 is 1.95 bits per heavy atom. The summed E-state index contributed by atoms with van der Waals surface area (Å²) in [6, 6.07) is 5.36. The average Bonchev–Trinajstić information content (AvgIpc) is 2.34. The van der Waals surface area contributed by atoms with Crippen LogP contribution in [0.2, 0.25) is 0 Å². The fourth-order valence-electron chi connectivity index (χ4n) is 1.33. The van der Waals surface area contributed by atoms with Gasteiger partial charge in [0, 0.05) is 0 Å². The first-order chi connectivity index (χ1) is 8.89. The van der Waals surface area contributed by atoms with Crippen molar-refractivity contribution in [1.29, 1.82) is 0 Å². The SMILES string of the molecule is Nc1nnnc(Nc2ccccc2S(=O)(=O)O)c1F. The van der Waals surface area contributed by atoms with Crippen LogP contribution in [-0.4, -0.2) is 28.4 Å². The molecule has 1 aromatic heterocycles. The summed E-state index contributed by atoms with van der Waals surface area (Å²) in [4.78, 5) is -0.424. The lowest BCUT2D eigenvalue weighted by Gasteiger charge is -2.09. The second-order valence-corrected chi connectivity index (χ2v) is 4.82. The van der Waals surface area contributed by atoms with Crippen molar-refractivity contribution in [2.45, 2.75) is 4.90 Å². The van der Waals surface area contributed by atoms with Gasteiger partial charge < -0.3 is 11.1 Å². The molecule has 0 radical (unpaired) electrons. The van der Waals surface area contributed by atoms with E-state index in [1.807, 2.05) is 0 Å². The van der Waals surface area contributed by atoms with Gasteiger partial charge in [-0.1, -0.05) is 12.1 Å². The van der Waals surface area contributed by atoms with E-state index in [0.29, 0.717) is 0 Å². The Labute approximate surface area is 107 Å². The molecule has 1 aromatic carbocycles. The van der Waals surface area contributed by atoms with Crippen LogP contribution in [-0.2, 0) is 10.1 Å². The number of nitrogens with one attached hydrogen (secondary N) is 1. The fraction of sp³-hybridized carbons (Fsp3) is 0. The van der Waals surface area contributed by atoms with Crippen molar-refractivity contribution >= 4 is 27.4 Å². The molecule has 4 N–H and O–H groups in total. The summed E-state index contributed by atoms with van der Waals surface area (Å²) in [5, 5.41) is 12.1. The summed E-state index contributed by atoms with van der Waals surface area (Å²) in [5.41, 5.74) is 5.14. The molecular weight excluding hydrogens is 277 g/mol. The number of halogens is 1. The quantitative estimate of drug-likeness (QED) is 0.698. The van der Waals surface area contributed by atoms with Crippen LogP contribution in [0, 0.1) is 5.82 Å². The van der Waals surface area contributed by atoms with Gasteiger partial charge in [0.15, 0.2) is 11.6 Å². The summed E-state index contributed by atoms with van der Waals surface area (Å²) < 4.78 is 44.9. The van der Waals surface area contributed by atoms with E-state index in [1.165, 1.54) is 18.2 Å². The zero-order valence-electron chi connectivity index (χ0n) is 9.28. The molecule has 0 aliphatic heterocycles. The predicted molar refractivity (Wildman–Crippen MR) is 63.7 cm³/mol. The summed E-state index contributed by atoms with van der Waals surface area (Å²) >= 11 is 0. The molecule has 8 nitrogen and oxygen atoms in total. The lowest BCUT2D eigenvalue weighted by atomic mass is 10.3. The number of hydrogen-bond donors (Lipinski definition) is 3. The fourth-order valence-corrected chi connectivity index (χ4v) is 1.97. The summed E-state index contributed by atoms with van der Waals surface area (Å²) in [5.74, 6) is -1.86. The number of nitrogen functional groups attached to an aromatic ring is 1. The molecular formula is C9H8FN5O3S. The summed E-state index contributed by atoms with van der Waals surface area (Å²) in [6.45, 7) is 0. The number of para-hydroxylation sites is 1. The van der Waals surface area contributed by atoms with E-state index < -0.39 is 32.5 Å². The van der Waals surface area contributed by atoms with Crippen LogP contribution in [0.1, 0.15) is 0 Å². The molecule has 0 spiro atoms. The molecule has 19 heavy (non-hydrogen) atoms. The Balaban J connectivity index is 2.48. The van der Waals surface area contributed by atoms with Crippen molar-refractivity contribution in [2.24, 2.45) is 0 Å². The van der Waals surface area contributed by atoms with E-state index in [-0.39, 0.29) is 5.69 Å². The Morgan fingerprint density at radius 3 is 2.63 bits per heavy atom. The molecule has 0 aliphatic rings. The largest absolute Gasteiger partial charge is 0.380 e. The molecule has 0 bridgehead atoms. The van der Waals surface area contributed by atoms with Gasteiger partial charge in [-0.3, -0.25) is 4.55 Å². The van der Waals surface area contributed by atoms with E-state index in [0.717, 1.165) is 6.07 Å². The first-order valence-electron chi connectivity index (χ1n) is 4.87. The third-order valence-corrected chi connectivity index (χ3v) is 3.06. The van der Waals surface area contributed by atoms with Crippen molar-refractivity contribution in [3.8, 4) is 0 Å². The van der Waals surface area contributed by atoms with Gasteiger partial charge in [-0.05, 0) is 17.3 Å². The monoisotopic (exact) mass is 285 g/mol. The molecule has 2 aromatic rings. The van der Waals surface area contributed by atoms with Gasteiger partial charge in [-0.15, -0.1) is 10.2 Å². The Hall–Kier alpha value is -2.33. The normalized spacial score (nSPS) is 11.3. The van der Waals surface area contributed by atoms with Crippen molar-refractivity contribution in [1.82, 2.24) is 15.4 Å². The first-order valence-corrected chi connectivity index (χ1v) is 6.31. The molecule has 2 rings (SSSR count). The number of rotatable bonds is 3. The molecule has 0 amide bonds. The molecule has 0 atom stereocenters. The Kier molecular flexibility index (Phi) is 3.27. The molecule has 0 unspecified atom stereocenters. The summed E-state index contributed by atoms with van der Waals surface area (Å²) in [7, 11) is -4.46. The minimum absolute atomic E-state index is 0.0659. The molecule has 10 heteroatoms. The van der Waals surface area contributed by atoms with Gasteiger partial charge >= 0.3 is 0 Å². The zero-order valence-corrected chi connectivity index (χ0v) is 10.1. The maximum atomic E-state index is 13.6. The topological polar surface area (TPSA) is 131 Å². The van der Waals surface area contributed by atoms with E-state index in [2.05, 4.69) is 20.7 Å². The Bertz CT molecular complexity index is 722. The van der Waals surface area contributed by atoms with Gasteiger partial charge in [0.25, 0.3) is 10.1 Å². The first kappa shape index (κ1) is 13.1. The smallest absolute Gasteiger partial charge is 0.296 e. The molecule has 0 saturated carbocycles. The maximum Gasteiger partial charge on any atom is 0.296 e. The van der Waals surface area contributed by atoms with Crippen LogP contribution in [0.4, 0.5) is 21.7 Å². The highest BCUT2D eigenvalue weighted by Crippen LogP contribution is 2.25. The van der Waals surface area contributed by atoms with Gasteiger partial charge in [0.1, 0.15) is 4.90 Å². The second-order valence-electron chi connectivity index (χ2n) is 3.43. The van der Waals surface area contributed by atoms with Crippen LogP contribution >= 0.6 is 0 Å². The number of aromatic nitrogens is 3. The van der Waals surface area contributed by atoms with E-state index in [4.69, 9.17) is 10.3 Å². The zero-order chi connectivity index (χ0) is 14.0. The molecule has 0 fully saturated rings. The third kappa shape index (κ3) is 2.74. The van der Waals surface area contributed by atoms with Crippen LogP contribution < -0.4 is 11.1 Å². The molecule has 100 valence electrons. The second kappa shape index (κ2) is 4.74.